The number of aliphatic hydroxyl groups excluding tert-OH is 1. The molecule has 1 aromatic rings. The van der Waals surface area contributed by atoms with Gasteiger partial charge < -0.3 is 10.4 Å². The average molecular weight is 335 g/mol. The lowest BCUT2D eigenvalue weighted by atomic mass is 9.89. The van der Waals surface area contributed by atoms with Gasteiger partial charge in [0.15, 0.2) is 0 Å². The molecule has 2 N–H and O–H groups in total. The van der Waals surface area contributed by atoms with Gasteiger partial charge >= 0.3 is 0 Å². The molecule has 1 aromatic carbocycles. The lowest BCUT2D eigenvalue weighted by molar-refractivity contribution is 0.0928. The van der Waals surface area contributed by atoms with Gasteiger partial charge in [-0.3, -0.25) is 4.79 Å². The minimum atomic E-state index is -0.196. The third-order valence-corrected chi connectivity index (χ3v) is 3.50. The van der Waals surface area contributed by atoms with Gasteiger partial charge in [-0.1, -0.05) is 41.4 Å². The van der Waals surface area contributed by atoms with Crippen LogP contribution in [0.3, 0.4) is 0 Å². The molecule has 0 fully saturated rings. The van der Waals surface area contributed by atoms with Crippen molar-refractivity contribution in [1.82, 2.24) is 5.32 Å². The fourth-order valence-corrected chi connectivity index (χ4v) is 2.24. The molecule has 0 radical (unpaired) electrons. The van der Waals surface area contributed by atoms with E-state index in [0.29, 0.717) is 23.6 Å². The summed E-state index contributed by atoms with van der Waals surface area (Å²) in [5, 5.41) is 12.2. The average Bonchev–Trinajstić information content (AvgIpc) is 2.26. The first-order chi connectivity index (χ1) is 8.35. The van der Waals surface area contributed by atoms with Crippen LogP contribution in [0.15, 0.2) is 22.7 Å². The van der Waals surface area contributed by atoms with Gasteiger partial charge in [0.2, 0.25) is 0 Å². The van der Waals surface area contributed by atoms with Crippen molar-refractivity contribution in [3.05, 3.63) is 33.3 Å². The maximum absolute atomic E-state index is 12.0. The molecule has 0 aliphatic carbocycles. The summed E-state index contributed by atoms with van der Waals surface area (Å²) in [4.78, 5) is 12.0. The fourth-order valence-electron chi connectivity index (χ4n) is 1.48. The van der Waals surface area contributed by atoms with Crippen LogP contribution in [0.25, 0.3) is 0 Å². The molecule has 0 saturated carbocycles. The van der Waals surface area contributed by atoms with E-state index >= 15 is 0 Å². The Morgan fingerprint density at radius 1 is 1.50 bits per heavy atom. The fraction of sp³-hybridized carbons (Fsp3) is 0.462. The highest BCUT2D eigenvalue weighted by Gasteiger charge is 2.19. The normalized spacial score (nSPS) is 11.4. The van der Waals surface area contributed by atoms with Gasteiger partial charge in [-0.05, 0) is 30.0 Å². The van der Waals surface area contributed by atoms with Gasteiger partial charge in [-0.2, -0.15) is 0 Å². The van der Waals surface area contributed by atoms with Crippen LogP contribution in [-0.4, -0.2) is 24.2 Å². The monoisotopic (exact) mass is 333 g/mol. The van der Waals surface area contributed by atoms with Crippen LogP contribution in [0.5, 0.6) is 0 Å². The molecular formula is C13H17BrClNO2. The Morgan fingerprint density at radius 2 is 2.17 bits per heavy atom. The number of hydrogen-bond donors (Lipinski definition) is 2. The lowest BCUT2D eigenvalue weighted by Crippen LogP contribution is -2.34. The molecule has 0 bridgehead atoms. The lowest BCUT2D eigenvalue weighted by Gasteiger charge is -2.23. The molecule has 0 unspecified atom stereocenters. The summed E-state index contributed by atoms with van der Waals surface area (Å²) >= 11 is 9.30. The van der Waals surface area contributed by atoms with Crippen LogP contribution < -0.4 is 5.32 Å². The molecule has 0 heterocycles. The second-order valence-electron chi connectivity index (χ2n) is 4.94. The van der Waals surface area contributed by atoms with Crippen molar-refractivity contribution in [2.75, 3.05) is 13.2 Å². The Balaban J connectivity index is 2.66. The molecule has 0 atom stereocenters. The van der Waals surface area contributed by atoms with E-state index < -0.39 is 0 Å². The number of aliphatic hydroxyl groups is 1. The molecule has 5 heteroatoms. The summed E-state index contributed by atoms with van der Waals surface area (Å²) in [6, 6.07) is 5.15. The van der Waals surface area contributed by atoms with Crippen molar-refractivity contribution < 1.29 is 9.90 Å². The van der Waals surface area contributed by atoms with E-state index in [4.69, 9.17) is 16.7 Å². The van der Waals surface area contributed by atoms with Crippen molar-refractivity contribution in [2.45, 2.75) is 20.3 Å². The van der Waals surface area contributed by atoms with E-state index in [2.05, 4.69) is 21.2 Å². The van der Waals surface area contributed by atoms with Crippen LogP contribution in [0.2, 0.25) is 5.02 Å². The second-order valence-corrected chi connectivity index (χ2v) is 6.27. The topological polar surface area (TPSA) is 49.3 Å². The van der Waals surface area contributed by atoms with Crippen molar-refractivity contribution in [1.29, 1.82) is 0 Å². The molecule has 0 aliphatic rings. The highest BCUT2D eigenvalue weighted by atomic mass is 79.9. The zero-order valence-corrected chi connectivity index (χ0v) is 12.8. The number of carbonyl (C=O) groups is 1. The summed E-state index contributed by atoms with van der Waals surface area (Å²) in [6.07, 6.45) is 0.640. The van der Waals surface area contributed by atoms with Gasteiger partial charge in [0, 0.05) is 17.6 Å². The Hall–Kier alpha value is -0.580. The maximum atomic E-state index is 12.0. The number of hydrogen-bond acceptors (Lipinski definition) is 2. The summed E-state index contributed by atoms with van der Waals surface area (Å²) in [7, 11) is 0. The minimum absolute atomic E-state index is 0.113. The standard InChI is InChI=1S/C13H17BrClNO2/c1-13(2,5-6-17)8-16-12(18)10-4-3-9(14)7-11(10)15/h3-4,7,17H,5-6,8H2,1-2H3,(H,16,18). The summed E-state index contributed by atoms with van der Waals surface area (Å²) < 4.78 is 0.838. The van der Waals surface area contributed by atoms with Gasteiger partial charge in [-0.15, -0.1) is 0 Å². The molecule has 1 amide bonds. The summed E-state index contributed by atoms with van der Waals surface area (Å²) in [5.41, 5.74) is 0.325. The van der Waals surface area contributed by atoms with E-state index in [1.165, 1.54) is 0 Å². The minimum Gasteiger partial charge on any atom is -0.396 e. The Bertz CT molecular complexity index is 435. The smallest absolute Gasteiger partial charge is 0.252 e. The maximum Gasteiger partial charge on any atom is 0.252 e. The van der Waals surface area contributed by atoms with Gasteiger partial charge in [0.1, 0.15) is 0 Å². The molecule has 0 spiro atoms. The first-order valence-corrected chi connectivity index (χ1v) is 6.87. The van der Waals surface area contributed by atoms with Crippen LogP contribution in [-0.2, 0) is 0 Å². The van der Waals surface area contributed by atoms with E-state index in [1.54, 1.807) is 18.2 Å². The van der Waals surface area contributed by atoms with Gasteiger partial charge in [0.25, 0.3) is 5.91 Å². The summed E-state index contributed by atoms with van der Waals surface area (Å²) in [6.45, 7) is 4.60. The molecule has 3 nitrogen and oxygen atoms in total. The van der Waals surface area contributed by atoms with Crippen molar-refractivity contribution >= 4 is 33.4 Å². The molecule has 0 saturated heterocycles. The highest BCUT2D eigenvalue weighted by Crippen LogP contribution is 2.22. The van der Waals surface area contributed by atoms with Crippen molar-refractivity contribution in [2.24, 2.45) is 5.41 Å². The van der Waals surface area contributed by atoms with Crippen LogP contribution in [0.4, 0.5) is 0 Å². The number of benzene rings is 1. The predicted molar refractivity (Wildman–Crippen MR) is 77.0 cm³/mol. The van der Waals surface area contributed by atoms with E-state index in [1.807, 2.05) is 13.8 Å². The SMILES string of the molecule is CC(C)(CCO)CNC(=O)c1ccc(Br)cc1Cl. The number of nitrogens with one attached hydrogen (secondary N) is 1. The van der Waals surface area contributed by atoms with E-state index in [0.717, 1.165) is 4.47 Å². The molecular weight excluding hydrogens is 318 g/mol. The predicted octanol–water partition coefficient (Wildman–Crippen LogP) is 3.24. The largest absolute Gasteiger partial charge is 0.396 e. The second kappa shape index (κ2) is 6.55. The first-order valence-electron chi connectivity index (χ1n) is 5.70. The molecule has 18 heavy (non-hydrogen) atoms. The van der Waals surface area contributed by atoms with Crippen LogP contribution >= 0.6 is 27.5 Å². The Kier molecular flexibility index (Phi) is 5.63. The van der Waals surface area contributed by atoms with Gasteiger partial charge in [0.05, 0.1) is 10.6 Å². The Labute approximate surface area is 121 Å². The van der Waals surface area contributed by atoms with Crippen molar-refractivity contribution in [3.63, 3.8) is 0 Å². The molecule has 0 aromatic heterocycles. The van der Waals surface area contributed by atoms with E-state index in [9.17, 15) is 4.79 Å². The summed E-state index contributed by atoms with van der Waals surface area (Å²) in [5.74, 6) is -0.196. The zero-order valence-electron chi connectivity index (χ0n) is 10.5. The number of halogens is 2. The quantitative estimate of drug-likeness (QED) is 0.868. The third-order valence-electron chi connectivity index (χ3n) is 2.69. The molecule has 1 rings (SSSR count). The van der Waals surface area contributed by atoms with Crippen LogP contribution in [0, 0.1) is 5.41 Å². The van der Waals surface area contributed by atoms with E-state index in [-0.39, 0.29) is 17.9 Å². The third kappa shape index (κ3) is 4.59. The van der Waals surface area contributed by atoms with Crippen molar-refractivity contribution in [3.8, 4) is 0 Å². The van der Waals surface area contributed by atoms with Crippen LogP contribution in [0.1, 0.15) is 30.6 Å². The first kappa shape index (κ1) is 15.5. The zero-order chi connectivity index (χ0) is 13.8. The number of rotatable bonds is 5. The highest BCUT2D eigenvalue weighted by molar-refractivity contribution is 9.10. The molecule has 100 valence electrons. The molecule has 0 aliphatic heterocycles. The van der Waals surface area contributed by atoms with Gasteiger partial charge in [-0.25, -0.2) is 0 Å². The Morgan fingerprint density at radius 3 is 2.72 bits per heavy atom. The number of carbonyl (C=O) groups excluding carboxylic acids is 1. The number of amides is 1.